The van der Waals surface area contributed by atoms with E-state index in [-0.39, 0.29) is 19.5 Å². The van der Waals surface area contributed by atoms with Crippen LogP contribution in [0.2, 0.25) is 0 Å². The molecule has 2 heteroatoms. The van der Waals surface area contributed by atoms with Crippen LogP contribution >= 0.6 is 0 Å². The molecule has 0 amide bonds. The van der Waals surface area contributed by atoms with E-state index in [0.717, 1.165) is 6.42 Å². The average molecular weight is 243 g/mol. The SMILES string of the molecule is C[CH-]C(CC(C)(C)C)=NC.[Rh]. The van der Waals surface area contributed by atoms with Crippen LogP contribution in [0.1, 0.15) is 34.1 Å². The molecule has 0 rings (SSSR count). The molecule has 69 valence electrons. The number of rotatable bonds is 2. The zero-order valence-corrected chi connectivity index (χ0v) is 9.70. The van der Waals surface area contributed by atoms with Crippen molar-refractivity contribution in [2.24, 2.45) is 10.4 Å². The van der Waals surface area contributed by atoms with Gasteiger partial charge in [-0.3, -0.25) is 0 Å². The maximum absolute atomic E-state index is 4.15. The smallest absolute Gasteiger partial charge is 0.0246 e. The molecule has 0 atom stereocenters. The minimum Gasteiger partial charge on any atom is -0.350 e. The molecule has 1 radical (unpaired) electrons. The molecule has 0 aliphatic carbocycles. The van der Waals surface area contributed by atoms with Crippen molar-refractivity contribution in [1.82, 2.24) is 0 Å². The first-order valence-corrected chi connectivity index (χ1v) is 3.74. The molecule has 0 aliphatic rings. The van der Waals surface area contributed by atoms with Crippen molar-refractivity contribution in [2.45, 2.75) is 34.1 Å². The normalized spacial score (nSPS) is 12.3. The van der Waals surface area contributed by atoms with E-state index in [1.165, 1.54) is 5.71 Å². The quantitative estimate of drug-likeness (QED) is 0.401. The molecule has 0 unspecified atom stereocenters. The van der Waals surface area contributed by atoms with Crippen molar-refractivity contribution < 1.29 is 19.5 Å². The van der Waals surface area contributed by atoms with Crippen molar-refractivity contribution in [3.63, 3.8) is 0 Å². The number of hydrogen-bond donors (Lipinski definition) is 0. The van der Waals surface area contributed by atoms with Gasteiger partial charge < -0.3 is 11.4 Å². The standard InChI is InChI=1S/C9H18N.Rh/c1-6-8(10-5)7-9(2,3)4;/h6H,7H2,1-5H3;/q-1;. The first-order valence-electron chi connectivity index (χ1n) is 3.74. The largest absolute Gasteiger partial charge is 0.350 e. The molecule has 11 heavy (non-hydrogen) atoms. The molecule has 0 aliphatic heterocycles. The Bertz CT molecular complexity index is 122. The second kappa shape index (κ2) is 5.77. The van der Waals surface area contributed by atoms with Gasteiger partial charge in [-0.25, -0.2) is 0 Å². The predicted molar refractivity (Wildman–Crippen MR) is 47.4 cm³/mol. The van der Waals surface area contributed by atoms with Gasteiger partial charge in [0.15, 0.2) is 0 Å². The maximum Gasteiger partial charge on any atom is 0.0246 e. The van der Waals surface area contributed by atoms with E-state index in [1.807, 2.05) is 14.0 Å². The Morgan fingerprint density at radius 1 is 1.36 bits per heavy atom. The molecule has 0 heterocycles. The summed E-state index contributed by atoms with van der Waals surface area (Å²) in [5.74, 6) is 0. The third-order valence-corrected chi connectivity index (χ3v) is 1.33. The third kappa shape index (κ3) is 8.07. The summed E-state index contributed by atoms with van der Waals surface area (Å²) in [7, 11) is 1.85. The number of aliphatic imine (C=N–C) groups is 1. The van der Waals surface area contributed by atoms with Crippen LogP contribution < -0.4 is 0 Å². The van der Waals surface area contributed by atoms with Crippen molar-refractivity contribution >= 4 is 5.71 Å². The van der Waals surface area contributed by atoms with E-state index >= 15 is 0 Å². The zero-order valence-electron chi connectivity index (χ0n) is 8.07. The second-order valence-corrected chi connectivity index (χ2v) is 3.74. The van der Waals surface area contributed by atoms with Gasteiger partial charge in [0, 0.05) is 26.5 Å². The molecule has 0 aromatic rings. The van der Waals surface area contributed by atoms with Gasteiger partial charge in [0.05, 0.1) is 0 Å². The Kier molecular flexibility index (Phi) is 7.20. The van der Waals surface area contributed by atoms with Gasteiger partial charge >= 0.3 is 0 Å². The minimum atomic E-state index is 0. The topological polar surface area (TPSA) is 12.4 Å². The minimum absolute atomic E-state index is 0. The van der Waals surface area contributed by atoms with Crippen LogP contribution in [0.3, 0.4) is 0 Å². The fourth-order valence-electron chi connectivity index (χ4n) is 0.854. The Morgan fingerprint density at radius 2 is 1.82 bits per heavy atom. The van der Waals surface area contributed by atoms with Gasteiger partial charge in [-0.15, -0.1) is 5.71 Å². The Hall–Kier alpha value is 0.163. The van der Waals surface area contributed by atoms with E-state index < -0.39 is 0 Å². The summed E-state index contributed by atoms with van der Waals surface area (Å²) in [6, 6.07) is 0. The van der Waals surface area contributed by atoms with Crippen LogP contribution in [0, 0.1) is 11.8 Å². The fraction of sp³-hybridized carbons (Fsp3) is 0.778. The Morgan fingerprint density at radius 3 is 1.91 bits per heavy atom. The van der Waals surface area contributed by atoms with Gasteiger partial charge in [-0.2, -0.15) is 6.92 Å². The first kappa shape index (κ1) is 13.7. The molecule has 0 N–H and O–H groups in total. The first-order chi connectivity index (χ1) is 4.49. The van der Waals surface area contributed by atoms with Gasteiger partial charge in [-0.1, -0.05) is 20.8 Å². The number of nitrogens with zero attached hydrogens (tertiary/aromatic N) is 1. The summed E-state index contributed by atoms with van der Waals surface area (Å²) in [5.41, 5.74) is 1.56. The molecule has 0 saturated heterocycles. The van der Waals surface area contributed by atoms with E-state index in [0.29, 0.717) is 5.41 Å². The Balaban J connectivity index is 0. The van der Waals surface area contributed by atoms with E-state index in [1.54, 1.807) is 0 Å². The number of hydrogen-bond acceptors (Lipinski definition) is 1. The van der Waals surface area contributed by atoms with Crippen molar-refractivity contribution in [1.29, 1.82) is 0 Å². The summed E-state index contributed by atoms with van der Waals surface area (Å²) in [5, 5.41) is 0. The van der Waals surface area contributed by atoms with Crippen LogP contribution in [0.15, 0.2) is 4.99 Å². The van der Waals surface area contributed by atoms with Crippen LogP contribution in [-0.2, 0) is 19.5 Å². The molecule has 1 nitrogen and oxygen atoms in total. The fourth-order valence-corrected chi connectivity index (χ4v) is 0.854. The summed E-state index contributed by atoms with van der Waals surface area (Å²) in [4.78, 5) is 4.15. The van der Waals surface area contributed by atoms with Crippen LogP contribution in [0.5, 0.6) is 0 Å². The molecular weight excluding hydrogens is 225 g/mol. The molecule has 0 aromatic carbocycles. The summed E-state index contributed by atoms with van der Waals surface area (Å²) >= 11 is 0. The molecular formula is C9H18NRh-. The summed E-state index contributed by atoms with van der Waals surface area (Å²) in [6.45, 7) is 8.71. The van der Waals surface area contributed by atoms with Crippen molar-refractivity contribution in [3.8, 4) is 0 Å². The van der Waals surface area contributed by atoms with Gasteiger partial charge in [0.25, 0.3) is 0 Å². The van der Waals surface area contributed by atoms with Crippen LogP contribution in [0.4, 0.5) is 0 Å². The van der Waals surface area contributed by atoms with Crippen LogP contribution in [0.25, 0.3) is 0 Å². The molecule has 0 fully saturated rings. The summed E-state index contributed by atoms with van der Waals surface area (Å²) < 4.78 is 0. The average Bonchev–Trinajstić information content (AvgIpc) is 1.81. The maximum atomic E-state index is 4.15. The van der Waals surface area contributed by atoms with Gasteiger partial charge in [0.1, 0.15) is 0 Å². The molecule has 0 saturated carbocycles. The predicted octanol–water partition coefficient (Wildman–Crippen LogP) is 2.72. The zero-order chi connectivity index (χ0) is 8.20. The van der Waals surface area contributed by atoms with E-state index in [9.17, 15) is 0 Å². The van der Waals surface area contributed by atoms with Crippen molar-refractivity contribution in [3.05, 3.63) is 6.42 Å². The van der Waals surface area contributed by atoms with Crippen LogP contribution in [-0.4, -0.2) is 12.8 Å². The molecule has 0 bridgehead atoms. The van der Waals surface area contributed by atoms with E-state index in [2.05, 4.69) is 32.2 Å². The van der Waals surface area contributed by atoms with Crippen molar-refractivity contribution in [2.75, 3.05) is 7.05 Å². The summed E-state index contributed by atoms with van der Waals surface area (Å²) in [6.07, 6.45) is 3.14. The van der Waals surface area contributed by atoms with Gasteiger partial charge in [-0.05, 0) is 11.8 Å². The van der Waals surface area contributed by atoms with Gasteiger partial charge in [0.2, 0.25) is 0 Å². The monoisotopic (exact) mass is 243 g/mol. The second-order valence-electron chi connectivity index (χ2n) is 3.74. The molecule has 0 aromatic heterocycles. The molecule has 0 spiro atoms. The van der Waals surface area contributed by atoms with E-state index in [4.69, 9.17) is 0 Å². The third-order valence-electron chi connectivity index (χ3n) is 1.33. The Labute approximate surface area is 83.4 Å².